The van der Waals surface area contributed by atoms with E-state index in [-0.39, 0.29) is 11.3 Å². The van der Waals surface area contributed by atoms with E-state index in [2.05, 4.69) is 10.1 Å². The minimum Gasteiger partial charge on any atom is -0.478 e. The van der Waals surface area contributed by atoms with Crippen LogP contribution in [0.25, 0.3) is 0 Å². The van der Waals surface area contributed by atoms with Gasteiger partial charge in [-0.25, -0.2) is 4.79 Å². The Morgan fingerprint density at radius 2 is 1.62 bits per heavy atom. The van der Waals surface area contributed by atoms with Gasteiger partial charge in [-0.1, -0.05) is 24.3 Å². The van der Waals surface area contributed by atoms with Gasteiger partial charge in [0.2, 0.25) is 0 Å². The van der Waals surface area contributed by atoms with Gasteiger partial charge in [0.15, 0.2) is 0 Å². The Balaban J connectivity index is 1.96. The van der Waals surface area contributed by atoms with E-state index in [1.54, 1.807) is 38.1 Å². The molecule has 0 saturated carbocycles. The van der Waals surface area contributed by atoms with Crippen LogP contribution in [-0.2, 0) is 13.1 Å². The summed E-state index contributed by atoms with van der Waals surface area (Å²) in [6.07, 6.45) is 0. The molecule has 0 atom stereocenters. The number of halogens is 2. The number of carbonyl (C=O) groups is 1. The Bertz CT molecular complexity index is 692. The normalized spacial score (nSPS) is 10.9. The molecule has 0 aliphatic rings. The van der Waals surface area contributed by atoms with Crippen molar-refractivity contribution in [1.29, 1.82) is 0 Å². The van der Waals surface area contributed by atoms with Gasteiger partial charge in [-0.15, -0.1) is 0 Å². The van der Waals surface area contributed by atoms with Crippen molar-refractivity contribution in [3.8, 4) is 5.75 Å². The molecule has 2 N–H and O–H groups in total. The number of alkyl halides is 2. The van der Waals surface area contributed by atoms with E-state index in [0.29, 0.717) is 24.2 Å². The van der Waals surface area contributed by atoms with Gasteiger partial charge in [0.1, 0.15) is 5.75 Å². The van der Waals surface area contributed by atoms with Crippen molar-refractivity contribution in [3.63, 3.8) is 0 Å². The molecule has 128 valence electrons. The molecular formula is C18H19F2NO3. The second-order valence-corrected chi connectivity index (χ2v) is 5.54. The lowest BCUT2D eigenvalue weighted by atomic mass is 10.1. The number of carboxylic acid groups (broad SMARTS) is 1. The molecule has 0 heterocycles. The largest absolute Gasteiger partial charge is 0.478 e. The van der Waals surface area contributed by atoms with Crippen LogP contribution >= 0.6 is 0 Å². The van der Waals surface area contributed by atoms with E-state index >= 15 is 0 Å². The number of carboxylic acids is 1. The van der Waals surface area contributed by atoms with E-state index in [4.69, 9.17) is 5.11 Å². The SMILES string of the molecule is Cc1cc(CNCc2ccc(C(=O)O)cc2)cc(C)c1OC(F)F. The number of ether oxygens (including phenoxy) is 1. The van der Waals surface area contributed by atoms with Crippen molar-refractivity contribution in [2.45, 2.75) is 33.5 Å². The summed E-state index contributed by atoms with van der Waals surface area (Å²) in [5.74, 6) is -0.732. The molecule has 24 heavy (non-hydrogen) atoms. The highest BCUT2D eigenvalue weighted by molar-refractivity contribution is 5.87. The average Bonchev–Trinajstić information content (AvgIpc) is 2.51. The highest BCUT2D eigenvalue weighted by Crippen LogP contribution is 2.26. The third-order valence-electron chi connectivity index (χ3n) is 3.59. The van der Waals surface area contributed by atoms with E-state index in [1.165, 1.54) is 0 Å². The fourth-order valence-electron chi connectivity index (χ4n) is 2.53. The fraction of sp³-hybridized carbons (Fsp3) is 0.278. The monoisotopic (exact) mass is 335 g/mol. The maximum atomic E-state index is 12.4. The summed E-state index contributed by atoms with van der Waals surface area (Å²) in [5.41, 5.74) is 3.51. The van der Waals surface area contributed by atoms with Crippen LogP contribution in [0.1, 0.15) is 32.6 Å². The first kappa shape index (κ1) is 17.9. The van der Waals surface area contributed by atoms with Gasteiger partial charge in [0.05, 0.1) is 5.56 Å². The molecule has 0 unspecified atom stereocenters. The molecule has 6 heteroatoms. The summed E-state index contributed by atoms with van der Waals surface area (Å²) >= 11 is 0. The predicted octanol–water partition coefficient (Wildman–Crippen LogP) is 3.89. The zero-order valence-corrected chi connectivity index (χ0v) is 13.5. The molecule has 0 spiro atoms. The van der Waals surface area contributed by atoms with Crippen molar-refractivity contribution >= 4 is 5.97 Å². The maximum absolute atomic E-state index is 12.4. The van der Waals surface area contributed by atoms with Crippen molar-refractivity contribution in [2.24, 2.45) is 0 Å². The Labute approximate surface area is 139 Å². The third-order valence-corrected chi connectivity index (χ3v) is 3.59. The molecule has 0 radical (unpaired) electrons. The molecule has 4 nitrogen and oxygen atoms in total. The number of aryl methyl sites for hydroxylation is 2. The summed E-state index contributed by atoms with van der Waals surface area (Å²) in [4.78, 5) is 10.8. The topological polar surface area (TPSA) is 58.6 Å². The molecule has 2 aromatic rings. The smallest absolute Gasteiger partial charge is 0.387 e. The van der Waals surface area contributed by atoms with Crippen LogP contribution in [0.5, 0.6) is 5.75 Å². The molecule has 0 aromatic heterocycles. The molecule has 0 aliphatic heterocycles. The van der Waals surface area contributed by atoms with Crippen LogP contribution in [0, 0.1) is 13.8 Å². The van der Waals surface area contributed by atoms with Crippen LogP contribution < -0.4 is 10.1 Å². The van der Waals surface area contributed by atoms with E-state index < -0.39 is 12.6 Å². The zero-order chi connectivity index (χ0) is 17.7. The summed E-state index contributed by atoms with van der Waals surface area (Å²) in [5, 5.41) is 12.1. The van der Waals surface area contributed by atoms with Crippen molar-refractivity contribution < 1.29 is 23.4 Å². The minimum atomic E-state index is -2.83. The number of benzene rings is 2. The number of hydrogen-bond donors (Lipinski definition) is 2. The first-order chi connectivity index (χ1) is 11.4. The molecule has 0 bridgehead atoms. The van der Waals surface area contributed by atoms with Crippen LogP contribution in [-0.4, -0.2) is 17.7 Å². The van der Waals surface area contributed by atoms with E-state index in [0.717, 1.165) is 11.1 Å². The van der Waals surface area contributed by atoms with Gasteiger partial charge in [-0.05, 0) is 48.2 Å². The number of rotatable bonds is 7. The van der Waals surface area contributed by atoms with Crippen molar-refractivity contribution in [1.82, 2.24) is 5.32 Å². The first-order valence-corrected chi connectivity index (χ1v) is 7.44. The first-order valence-electron chi connectivity index (χ1n) is 7.44. The molecule has 0 amide bonds. The van der Waals surface area contributed by atoms with E-state index in [1.807, 2.05) is 12.1 Å². The number of nitrogens with one attached hydrogen (secondary N) is 1. The van der Waals surface area contributed by atoms with Crippen LogP contribution in [0.15, 0.2) is 36.4 Å². The second-order valence-electron chi connectivity index (χ2n) is 5.54. The van der Waals surface area contributed by atoms with Crippen molar-refractivity contribution in [2.75, 3.05) is 0 Å². The highest BCUT2D eigenvalue weighted by Gasteiger charge is 2.11. The summed E-state index contributed by atoms with van der Waals surface area (Å²) in [6, 6.07) is 10.3. The molecule has 2 rings (SSSR count). The quantitative estimate of drug-likeness (QED) is 0.806. The number of aromatic carboxylic acids is 1. The Morgan fingerprint density at radius 3 is 2.12 bits per heavy atom. The van der Waals surface area contributed by atoms with E-state index in [9.17, 15) is 13.6 Å². The fourth-order valence-corrected chi connectivity index (χ4v) is 2.53. The molecular weight excluding hydrogens is 316 g/mol. The highest BCUT2D eigenvalue weighted by atomic mass is 19.3. The minimum absolute atomic E-state index is 0.220. The predicted molar refractivity (Wildman–Crippen MR) is 86.5 cm³/mol. The lowest BCUT2D eigenvalue weighted by Crippen LogP contribution is -2.13. The molecule has 2 aromatic carbocycles. The van der Waals surface area contributed by atoms with Gasteiger partial charge in [0.25, 0.3) is 0 Å². The van der Waals surface area contributed by atoms with Crippen LogP contribution in [0.4, 0.5) is 8.78 Å². The van der Waals surface area contributed by atoms with Crippen LogP contribution in [0.3, 0.4) is 0 Å². The van der Waals surface area contributed by atoms with Gasteiger partial charge in [-0.3, -0.25) is 0 Å². The van der Waals surface area contributed by atoms with Crippen molar-refractivity contribution in [3.05, 3.63) is 64.2 Å². The Morgan fingerprint density at radius 1 is 1.08 bits per heavy atom. The average molecular weight is 335 g/mol. The Kier molecular flexibility index (Phi) is 5.87. The number of hydrogen-bond acceptors (Lipinski definition) is 3. The van der Waals surface area contributed by atoms with Gasteiger partial charge in [-0.2, -0.15) is 8.78 Å². The standard InChI is InChI=1S/C18H19F2NO3/c1-11-7-14(8-12(2)16(11)24-18(19)20)10-21-9-13-3-5-15(6-4-13)17(22)23/h3-8,18,21H,9-10H2,1-2H3,(H,22,23). The van der Waals surface area contributed by atoms with Gasteiger partial charge < -0.3 is 15.2 Å². The second kappa shape index (κ2) is 7.88. The van der Waals surface area contributed by atoms with Crippen LogP contribution in [0.2, 0.25) is 0 Å². The summed E-state index contributed by atoms with van der Waals surface area (Å²) < 4.78 is 29.3. The maximum Gasteiger partial charge on any atom is 0.387 e. The van der Waals surface area contributed by atoms with Gasteiger partial charge in [0, 0.05) is 13.1 Å². The summed E-state index contributed by atoms with van der Waals surface area (Å²) in [7, 11) is 0. The lowest BCUT2D eigenvalue weighted by molar-refractivity contribution is -0.0507. The third kappa shape index (κ3) is 4.76. The molecule has 0 aliphatic carbocycles. The molecule has 0 fully saturated rings. The Hall–Kier alpha value is -2.47. The lowest BCUT2D eigenvalue weighted by Gasteiger charge is -2.14. The van der Waals surface area contributed by atoms with Gasteiger partial charge >= 0.3 is 12.6 Å². The zero-order valence-electron chi connectivity index (χ0n) is 13.5. The summed E-state index contributed by atoms with van der Waals surface area (Å²) in [6.45, 7) is 1.78. The molecule has 0 saturated heterocycles.